The third-order valence-corrected chi connectivity index (χ3v) is 4.44. The molecular formula is C18H18N4S. The third kappa shape index (κ3) is 2.68. The fourth-order valence-electron chi connectivity index (χ4n) is 3.05. The van der Waals surface area contributed by atoms with E-state index >= 15 is 0 Å². The highest BCUT2D eigenvalue weighted by molar-refractivity contribution is 7.80. The summed E-state index contributed by atoms with van der Waals surface area (Å²) in [5, 5.41) is 7.91. The van der Waals surface area contributed by atoms with Gasteiger partial charge in [-0.15, -0.1) is 12.6 Å². The number of nitrogens with one attached hydrogen (secondary N) is 1. The summed E-state index contributed by atoms with van der Waals surface area (Å²) in [7, 11) is 1.97. The second-order valence-electron chi connectivity index (χ2n) is 5.81. The van der Waals surface area contributed by atoms with E-state index < -0.39 is 0 Å². The summed E-state index contributed by atoms with van der Waals surface area (Å²) in [4.78, 5) is 3.36. The number of nitrogens with zero attached hydrogens (tertiary/aromatic N) is 3. The van der Waals surface area contributed by atoms with Gasteiger partial charge in [-0.05, 0) is 29.8 Å². The molecule has 23 heavy (non-hydrogen) atoms. The summed E-state index contributed by atoms with van der Waals surface area (Å²) >= 11 is 4.45. The van der Waals surface area contributed by atoms with Crippen LogP contribution in [0.3, 0.4) is 0 Å². The zero-order chi connectivity index (χ0) is 15.8. The second-order valence-corrected chi connectivity index (χ2v) is 6.33. The molecule has 1 aliphatic rings. The zero-order valence-corrected chi connectivity index (χ0v) is 13.8. The molecule has 116 valence electrons. The van der Waals surface area contributed by atoms with Gasteiger partial charge in [-0.3, -0.25) is 4.68 Å². The predicted molar refractivity (Wildman–Crippen MR) is 96.5 cm³/mol. The van der Waals surface area contributed by atoms with E-state index in [0.29, 0.717) is 0 Å². The molecule has 0 unspecified atom stereocenters. The Hall–Kier alpha value is -2.40. The van der Waals surface area contributed by atoms with E-state index in [-0.39, 0.29) is 0 Å². The van der Waals surface area contributed by atoms with E-state index in [9.17, 15) is 0 Å². The zero-order valence-electron chi connectivity index (χ0n) is 12.9. The highest BCUT2D eigenvalue weighted by atomic mass is 32.1. The molecule has 5 heteroatoms. The van der Waals surface area contributed by atoms with Crippen LogP contribution in [0.5, 0.6) is 0 Å². The van der Waals surface area contributed by atoms with E-state index in [0.717, 1.165) is 29.5 Å². The Balaban J connectivity index is 1.76. The molecule has 0 atom stereocenters. The Morgan fingerprint density at radius 1 is 1.17 bits per heavy atom. The Kier molecular flexibility index (Phi) is 3.50. The summed E-state index contributed by atoms with van der Waals surface area (Å²) in [6.45, 7) is 1.66. The van der Waals surface area contributed by atoms with Crippen molar-refractivity contribution in [3.05, 3.63) is 65.9 Å². The van der Waals surface area contributed by atoms with Crippen LogP contribution in [0.2, 0.25) is 0 Å². The van der Waals surface area contributed by atoms with Gasteiger partial charge in [-0.1, -0.05) is 24.3 Å². The van der Waals surface area contributed by atoms with Gasteiger partial charge in [0.1, 0.15) is 5.82 Å². The number of hydrogen-bond donors (Lipinski definition) is 2. The molecule has 0 bridgehead atoms. The number of fused-ring (bicyclic) bond motifs is 2. The van der Waals surface area contributed by atoms with Crippen molar-refractivity contribution in [2.45, 2.75) is 18.0 Å². The van der Waals surface area contributed by atoms with Crippen LogP contribution in [0.15, 0.2) is 59.6 Å². The van der Waals surface area contributed by atoms with Crippen LogP contribution in [0.1, 0.15) is 11.1 Å². The topological polar surface area (TPSA) is 33.1 Å². The molecule has 4 rings (SSSR count). The van der Waals surface area contributed by atoms with Gasteiger partial charge in [0.25, 0.3) is 0 Å². The maximum Gasteiger partial charge on any atom is 0.133 e. The molecule has 0 amide bonds. The third-order valence-electron chi connectivity index (χ3n) is 4.16. The van der Waals surface area contributed by atoms with E-state index in [1.807, 2.05) is 24.0 Å². The number of aromatic nitrogens is 2. The average molecular weight is 322 g/mol. The smallest absolute Gasteiger partial charge is 0.133 e. The van der Waals surface area contributed by atoms with Crippen molar-refractivity contribution in [3.63, 3.8) is 0 Å². The highest BCUT2D eigenvalue weighted by Crippen LogP contribution is 2.36. The van der Waals surface area contributed by atoms with Gasteiger partial charge in [-0.2, -0.15) is 5.10 Å². The van der Waals surface area contributed by atoms with Gasteiger partial charge < -0.3 is 10.2 Å². The largest absolute Gasteiger partial charge is 0.361 e. The van der Waals surface area contributed by atoms with Gasteiger partial charge in [0.2, 0.25) is 0 Å². The fraction of sp³-hybridized carbons (Fsp3) is 0.167. The monoisotopic (exact) mass is 322 g/mol. The Morgan fingerprint density at radius 3 is 2.91 bits per heavy atom. The lowest BCUT2D eigenvalue weighted by Gasteiger charge is -2.24. The lowest BCUT2D eigenvalue weighted by Crippen LogP contribution is -2.21. The molecule has 1 aromatic heterocycles. The molecule has 0 aliphatic carbocycles. The van der Waals surface area contributed by atoms with E-state index in [1.54, 1.807) is 0 Å². The summed E-state index contributed by atoms with van der Waals surface area (Å²) < 4.78 is 1.89. The van der Waals surface area contributed by atoms with Crippen molar-refractivity contribution in [2.75, 3.05) is 10.2 Å². The average Bonchev–Trinajstić information content (AvgIpc) is 2.79. The first-order valence-corrected chi connectivity index (χ1v) is 8.05. The number of thiol groups is 1. The van der Waals surface area contributed by atoms with Crippen LogP contribution in [0.25, 0.3) is 0 Å². The van der Waals surface area contributed by atoms with E-state index in [1.165, 1.54) is 16.8 Å². The van der Waals surface area contributed by atoms with Gasteiger partial charge in [-0.25, -0.2) is 0 Å². The molecule has 1 aliphatic heterocycles. The number of aryl methyl sites for hydroxylation is 1. The number of para-hydroxylation sites is 2. The first-order valence-electron chi connectivity index (χ1n) is 7.60. The first kappa shape index (κ1) is 14.2. The van der Waals surface area contributed by atoms with Crippen LogP contribution >= 0.6 is 12.6 Å². The van der Waals surface area contributed by atoms with Crippen LogP contribution in [-0.4, -0.2) is 9.78 Å². The number of hydrogen-bond acceptors (Lipinski definition) is 4. The minimum atomic E-state index is 0.823. The molecule has 3 aromatic rings. The molecular weight excluding hydrogens is 304 g/mol. The quantitative estimate of drug-likeness (QED) is 0.700. The molecule has 0 radical (unpaired) electrons. The summed E-state index contributed by atoms with van der Waals surface area (Å²) in [6, 6.07) is 16.7. The predicted octanol–water partition coefficient (Wildman–Crippen LogP) is 3.97. The van der Waals surface area contributed by atoms with Crippen molar-refractivity contribution in [3.8, 4) is 0 Å². The minimum absolute atomic E-state index is 0.823. The van der Waals surface area contributed by atoms with Gasteiger partial charge >= 0.3 is 0 Å². The Labute approximate surface area is 141 Å². The SMILES string of the molecule is Cn1ncc2c1Nc1ccccc1N(Cc1cccc(S)c1)C2. The summed E-state index contributed by atoms with van der Waals surface area (Å²) in [5.41, 5.74) is 4.76. The van der Waals surface area contributed by atoms with E-state index in [2.05, 4.69) is 70.4 Å². The lowest BCUT2D eigenvalue weighted by atomic mass is 10.1. The number of benzene rings is 2. The normalized spacial score (nSPS) is 13.0. The van der Waals surface area contributed by atoms with Gasteiger partial charge in [0, 0.05) is 30.6 Å². The lowest BCUT2D eigenvalue weighted by molar-refractivity contribution is 0.776. The minimum Gasteiger partial charge on any atom is -0.361 e. The van der Waals surface area contributed by atoms with Crippen molar-refractivity contribution < 1.29 is 0 Å². The Bertz CT molecular complexity index is 856. The van der Waals surface area contributed by atoms with Crippen LogP contribution in [0, 0.1) is 0 Å². The van der Waals surface area contributed by atoms with Gasteiger partial charge in [0.15, 0.2) is 0 Å². The van der Waals surface area contributed by atoms with Crippen molar-refractivity contribution in [1.29, 1.82) is 0 Å². The number of rotatable bonds is 2. The molecule has 0 saturated heterocycles. The van der Waals surface area contributed by atoms with E-state index in [4.69, 9.17) is 0 Å². The number of anilines is 3. The Morgan fingerprint density at radius 2 is 2.04 bits per heavy atom. The van der Waals surface area contributed by atoms with Crippen LogP contribution in [0.4, 0.5) is 17.2 Å². The summed E-state index contributed by atoms with van der Waals surface area (Å²) in [5.74, 6) is 1.06. The van der Waals surface area contributed by atoms with Crippen molar-refractivity contribution in [1.82, 2.24) is 9.78 Å². The van der Waals surface area contributed by atoms with Crippen molar-refractivity contribution >= 4 is 29.8 Å². The molecule has 2 heterocycles. The molecule has 1 N–H and O–H groups in total. The maximum absolute atomic E-state index is 4.45. The van der Waals surface area contributed by atoms with Gasteiger partial charge in [0.05, 0.1) is 17.6 Å². The molecule has 2 aromatic carbocycles. The fourth-order valence-corrected chi connectivity index (χ4v) is 3.30. The second kappa shape index (κ2) is 5.66. The molecule has 0 saturated carbocycles. The first-order chi connectivity index (χ1) is 11.2. The molecule has 4 nitrogen and oxygen atoms in total. The molecule has 0 fully saturated rings. The summed E-state index contributed by atoms with van der Waals surface area (Å²) in [6.07, 6.45) is 1.94. The standard InChI is InChI=1S/C18H18N4S/c1-21-18-14(10-19-21)12-22(11-13-5-4-6-15(23)9-13)17-8-3-2-7-16(17)20-18/h2-10,20,23H,11-12H2,1H3. The van der Waals surface area contributed by atoms with Crippen molar-refractivity contribution in [2.24, 2.45) is 7.05 Å². The highest BCUT2D eigenvalue weighted by Gasteiger charge is 2.21. The maximum atomic E-state index is 4.45. The van der Waals surface area contributed by atoms with Crippen LogP contribution in [-0.2, 0) is 20.1 Å². The van der Waals surface area contributed by atoms with Crippen LogP contribution < -0.4 is 10.2 Å². The molecule has 0 spiro atoms.